The third kappa shape index (κ3) is 3.80. The van der Waals surface area contributed by atoms with Crippen LogP contribution < -0.4 is 28.5 Å². The molecule has 0 spiro atoms. The lowest BCUT2D eigenvalue weighted by molar-refractivity contribution is -0.681. The summed E-state index contributed by atoms with van der Waals surface area (Å²) in [4.78, 5) is 12.2. The fourth-order valence-electron chi connectivity index (χ4n) is 2.17. The van der Waals surface area contributed by atoms with Crippen molar-refractivity contribution in [3.8, 4) is 0 Å². The Morgan fingerprint density at radius 3 is 2.33 bits per heavy atom. The van der Waals surface area contributed by atoms with Crippen LogP contribution in [0.4, 0.5) is 0 Å². The van der Waals surface area contributed by atoms with Crippen LogP contribution in [0.5, 0.6) is 0 Å². The van der Waals surface area contributed by atoms with Gasteiger partial charge in [0.05, 0.1) is 0 Å². The van der Waals surface area contributed by atoms with Gasteiger partial charge in [-0.15, -0.1) is 0 Å². The molecule has 0 N–H and O–H groups in total. The lowest BCUT2D eigenvalue weighted by atomic mass is 10.1. The van der Waals surface area contributed by atoms with Crippen molar-refractivity contribution in [3.05, 3.63) is 77.6 Å². The zero-order chi connectivity index (χ0) is 13.9. The Morgan fingerprint density at radius 2 is 1.62 bits per heavy atom. The van der Waals surface area contributed by atoms with E-state index in [9.17, 15) is 4.79 Å². The summed E-state index contributed by atoms with van der Waals surface area (Å²) < 4.78 is 1.90. The summed E-state index contributed by atoms with van der Waals surface area (Å²) in [6, 6.07) is 17.1. The van der Waals surface area contributed by atoms with E-state index in [1.54, 1.807) is 24.3 Å². The average molecular weight is 410 g/mol. The molecular formula is C17H13ClINO. The van der Waals surface area contributed by atoms with Crippen LogP contribution in [0.25, 0.3) is 10.8 Å². The first kappa shape index (κ1) is 15.9. The van der Waals surface area contributed by atoms with Crippen molar-refractivity contribution in [3.63, 3.8) is 0 Å². The van der Waals surface area contributed by atoms with Gasteiger partial charge in [0.1, 0.15) is 0 Å². The standard InChI is InChI=1S/C17H13ClNO.HI/c18-16-7-5-14(6-8-16)17(20)12-19-10-9-13-3-1-2-4-15(13)11-19;/h1-11H,12H2;1H/q+1;/p-1. The molecule has 3 aromatic rings. The molecule has 0 unspecified atom stereocenters. The number of hydrogen-bond acceptors (Lipinski definition) is 1. The van der Waals surface area contributed by atoms with Gasteiger partial charge < -0.3 is 24.0 Å². The molecule has 4 heteroatoms. The minimum Gasteiger partial charge on any atom is -1.00 e. The number of benzene rings is 2. The minimum absolute atomic E-state index is 0. The number of nitrogens with zero attached hydrogens (tertiary/aromatic N) is 1. The molecule has 0 aliphatic carbocycles. The molecule has 21 heavy (non-hydrogen) atoms. The van der Waals surface area contributed by atoms with Gasteiger partial charge in [-0.1, -0.05) is 29.8 Å². The third-order valence-electron chi connectivity index (χ3n) is 3.24. The largest absolute Gasteiger partial charge is 1.00 e. The highest BCUT2D eigenvalue weighted by atomic mass is 127. The molecule has 0 radical (unpaired) electrons. The van der Waals surface area contributed by atoms with Gasteiger partial charge in [-0.05, 0) is 35.7 Å². The van der Waals surface area contributed by atoms with Gasteiger partial charge in [-0.25, -0.2) is 0 Å². The number of ketones is 1. The topological polar surface area (TPSA) is 20.9 Å². The highest BCUT2D eigenvalue weighted by molar-refractivity contribution is 6.30. The highest BCUT2D eigenvalue weighted by Gasteiger charge is 2.12. The zero-order valence-electron chi connectivity index (χ0n) is 11.2. The first-order chi connectivity index (χ1) is 9.72. The van der Waals surface area contributed by atoms with E-state index in [-0.39, 0.29) is 29.8 Å². The molecule has 0 amide bonds. The molecule has 0 aliphatic heterocycles. The molecule has 2 aromatic carbocycles. The van der Waals surface area contributed by atoms with Crippen LogP contribution in [0.2, 0.25) is 5.02 Å². The quantitative estimate of drug-likeness (QED) is 0.354. The van der Waals surface area contributed by atoms with Crippen molar-refractivity contribution in [2.45, 2.75) is 6.54 Å². The van der Waals surface area contributed by atoms with Gasteiger partial charge in [0.2, 0.25) is 12.3 Å². The number of fused-ring (bicyclic) bond motifs is 1. The van der Waals surface area contributed by atoms with Crippen LogP contribution in [-0.2, 0) is 6.54 Å². The molecule has 2 nitrogen and oxygen atoms in total. The Bertz CT molecular complexity index is 771. The SMILES string of the molecule is O=C(C[n+]1ccc2ccccc2c1)c1ccc(Cl)cc1.[I-]. The second-order valence-electron chi connectivity index (χ2n) is 4.68. The van der Waals surface area contributed by atoms with Gasteiger partial charge >= 0.3 is 0 Å². The van der Waals surface area contributed by atoms with Crippen LogP contribution in [0.3, 0.4) is 0 Å². The molecule has 0 saturated carbocycles. The van der Waals surface area contributed by atoms with E-state index in [2.05, 4.69) is 6.07 Å². The maximum atomic E-state index is 12.2. The van der Waals surface area contributed by atoms with Gasteiger partial charge in [0.15, 0.2) is 12.4 Å². The van der Waals surface area contributed by atoms with E-state index in [4.69, 9.17) is 11.6 Å². The smallest absolute Gasteiger partial charge is 0.227 e. The van der Waals surface area contributed by atoms with Crippen molar-refractivity contribution < 1.29 is 33.3 Å². The maximum Gasteiger partial charge on any atom is 0.227 e. The number of pyridine rings is 1. The molecule has 3 rings (SSSR count). The Morgan fingerprint density at radius 1 is 0.952 bits per heavy atom. The number of rotatable bonds is 3. The lowest BCUT2D eigenvalue weighted by Gasteiger charge is -2.00. The summed E-state index contributed by atoms with van der Waals surface area (Å²) in [6.45, 7) is 0.326. The molecule has 0 bridgehead atoms. The average Bonchev–Trinajstić information content (AvgIpc) is 2.48. The fourth-order valence-corrected chi connectivity index (χ4v) is 2.30. The van der Waals surface area contributed by atoms with Crippen molar-refractivity contribution in [1.29, 1.82) is 0 Å². The Hall–Kier alpha value is -1.46. The van der Waals surface area contributed by atoms with Gasteiger partial charge in [0, 0.05) is 22.0 Å². The number of carbonyl (C=O) groups excluding carboxylic acids is 1. The minimum atomic E-state index is 0. The summed E-state index contributed by atoms with van der Waals surface area (Å²) in [6.07, 6.45) is 3.92. The number of halogens is 2. The Labute approximate surface area is 145 Å². The van der Waals surface area contributed by atoms with Crippen LogP contribution in [0.15, 0.2) is 67.0 Å². The molecule has 0 fully saturated rings. The van der Waals surface area contributed by atoms with Crippen molar-refractivity contribution >= 4 is 28.2 Å². The molecule has 1 heterocycles. The predicted molar refractivity (Wildman–Crippen MR) is 79.9 cm³/mol. The van der Waals surface area contributed by atoms with Crippen LogP contribution >= 0.6 is 11.6 Å². The predicted octanol–water partition coefficient (Wildman–Crippen LogP) is 0.668. The van der Waals surface area contributed by atoms with Crippen molar-refractivity contribution in [2.75, 3.05) is 0 Å². The van der Waals surface area contributed by atoms with Gasteiger partial charge in [-0.3, -0.25) is 4.79 Å². The number of aromatic nitrogens is 1. The normalized spacial score (nSPS) is 10.1. The monoisotopic (exact) mass is 409 g/mol. The first-order valence-electron chi connectivity index (χ1n) is 6.39. The molecule has 1 aromatic heterocycles. The van der Waals surface area contributed by atoms with E-state index in [1.165, 1.54) is 5.39 Å². The summed E-state index contributed by atoms with van der Waals surface area (Å²) in [5.41, 5.74) is 0.676. The summed E-state index contributed by atoms with van der Waals surface area (Å²) in [5, 5.41) is 2.93. The molecule has 106 valence electrons. The highest BCUT2D eigenvalue weighted by Crippen LogP contribution is 2.11. The maximum absolute atomic E-state index is 12.2. The van der Waals surface area contributed by atoms with E-state index in [0.29, 0.717) is 17.1 Å². The molecule has 0 saturated heterocycles. The van der Waals surface area contributed by atoms with Crippen LogP contribution in [-0.4, -0.2) is 5.78 Å². The third-order valence-corrected chi connectivity index (χ3v) is 3.49. The van der Waals surface area contributed by atoms with Crippen LogP contribution in [0, 0.1) is 0 Å². The molecule has 0 atom stereocenters. The second-order valence-corrected chi connectivity index (χ2v) is 5.11. The molecule has 0 aliphatic rings. The van der Waals surface area contributed by atoms with E-state index in [0.717, 1.165) is 5.39 Å². The zero-order valence-corrected chi connectivity index (χ0v) is 14.1. The number of hydrogen-bond donors (Lipinski definition) is 0. The number of carbonyl (C=O) groups is 1. The van der Waals surface area contributed by atoms with E-state index in [1.807, 2.05) is 41.2 Å². The second kappa shape index (κ2) is 7.00. The fraction of sp³-hybridized carbons (Fsp3) is 0.0588. The van der Waals surface area contributed by atoms with Crippen LogP contribution in [0.1, 0.15) is 10.4 Å². The summed E-state index contributed by atoms with van der Waals surface area (Å²) >= 11 is 5.83. The van der Waals surface area contributed by atoms with E-state index < -0.39 is 0 Å². The molecular weight excluding hydrogens is 397 g/mol. The van der Waals surface area contributed by atoms with E-state index >= 15 is 0 Å². The number of Topliss-reactive ketones (excluding diaryl/α,β-unsaturated/α-hetero) is 1. The van der Waals surface area contributed by atoms with Crippen molar-refractivity contribution in [1.82, 2.24) is 0 Å². The van der Waals surface area contributed by atoms with Crippen molar-refractivity contribution in [2.24, 2.45) is 0 Å². The lowest BCUT2D eigenvalue weighted by Crippen LogP contribution is -3.00. The Kier molecular flexibility index (Phi) is 5.31. The summed E-state index contributed by atoms with van der Waals surface area (Å²) in [5.74, 6) is 0.0712. The van der Waals surface area contributed by atoms with Gasteiger partial charge in [0.25, 0.3) is 0 Å². The Balaban J connectivity index is 0.00000161. The summed E-state index contributed by atoms with van der Waals surface area (Å²) in [7, 11) is 0. The van der Waals surface area contributed by atoms with Gasteiger partial charge in [-0.2, -0.15) is 4.57 Å². The first-order valence-corrected chi connectivity index (χ1v) is 6.77.